The van der Waals surface area contributed by atoms with Gasteiger partial charge in [0.2, 0.25) is 17.5 Å². The van der Waals surface area contributed by atoms with Crippen LogP contribution in [-0.2, 0) is 4.79 Å². The van der Waals surface area contributed by atoms with E-state index in [1.54, 1.807) is 62.8 Å². The molecule has 11 rings (SSSR count). The Bertz CT molecular complexity index is 5120. The molecular formula is C87H118N26O5. The molecule has 31 heteroatoms. The molecular weight excluding hydrogens is 1490 g/mol. The number of aromatic amines is 1. The zero-order chi connectivity index (χ0) is 86.7. The van der Waals surface area contributed by atoms with Crippen LogP contribution >= 0.6 is 0 Å². The molecule has 0 unspecified atom stereocenters. The first-order valence-electron chi connectivity index (χ1n) is 39.3. The first-order valence-corrected chi connectivity index (χ1v) is 39.3. The molecule has 0 radical (unpaired) electrons. The number of hydrogen-bond acceptors (Lipinski definition) is 26. The van der Waals surface area contributed by atoms with E-state index in [9.17, 15) is 29.8 Å². The molecule has 0 bridgehead atoms. The second-order valence-electron chi connectivity index (χ2n) is 34.7. The normalized spacial score (nSPS) is 12.5. The van der Waals surface area contributed by atoms with Gasteiger partial charge in [-0.05, 0) is 127 Å². The van der Waals surface area contributed by atoms with Gasteiger partial charge in [-0.3, -0.25) is 29.6 Å². The van der Waals surface area contributed by atoms with Crippen LogP contribution in [0, 0.1) is 70.8 Å². The summed E-state index contributed by atoms with van der Waals surface area (Å²) in [5.41, 5.74) is 20.8. The van der Waals surface area contributed by atoms with E-state index < -0.39 is 4.92 Å². The van der Waals surface area contributed by atoms with E-state index in [0.717, 1.165) is 118 Å². The number of nitrogens with two attached hydrogens (primary N) is 1. The largest absolute Gasteiger partial charge is 0.393 e. The minimum absolute atomic E-state index is 0.0524. The van der Waals surface area contributed by atoms with Crippen molar-refractivity contribution in [3.63, 3.8) is 0 Å². The first kappa shape index (κ1) is 90.7. The average Bonchev–Trinajstić information content (AvgIpc) is 0.927. The Morgan fingerprint density at radius 2 is 1.05 bits per heavy atom. The Morgan fingerprint density at radius 3 is 1.55 bits per heavy atom. The van der Waals surface area contributed by atoms with E-state index in [-0.39, 0.29) is 56.7 Å². The Labute approximate surface area is 694 Å². The van der Waals surface area contributed by atoms with Crippen LogP contribution in [0.4, 0.5) is 91.9 Å². The molecule has 118 heavy (non-hydrogen) atoms. The van der Waals surface area contributed by atoms with E-state index in [2.05, 4.69) is 215 Å². The molecule has 1 saturated carbocycles. The van der Waals surface area contributed by atoms with Crippen LogP contribution in [0.5, 0.6) is 0 Å². The molecule has 5 aromatic heterocycles. The van der Waals surface area contributed by atoms with Crippen molar-refractivity contribution in [3.8, 4) is 17.5 Å². The third kappa shape index (κ3) is 25.8. The van der Waals surface area contributed by atoms with Crippen molar-refractivity contribution in [1.82, 2.24) is 55.7 Å². The predicted molar refractivity (Wildman–Crippen MR) is 479 cm³/mol. The highest BCUT2D eigenvalue weighted by Gasteiger charge is 2.30. The van der Waals surface area contributed by atoms with Crippen LogP contribution in [0.3, 0.4) is 0 Å². The third-order valence-corrected chi connectivity index (χ3v) is 18.8. The topological polar surface area (TPSA) is 397 Å². The van der Waals surface area contributed by atoms with E-state index in [1.807, 2.05) is 97.5 Å². The summed E-state index contributed by atoms with van der Waals surface area (Å²) in [5, 5.41) is 61.7. The molecule has 2 aliphatic rings. The predicted octanol–water partition coefficient (Wildman–Crippen LogP) is 16.6. The van der Waals surface area contributed by atoms with Crippen molar-refractivity contribution < 1.29 is 19.3 Å². The van der Waals surface area contributed by atoms with Gasteiger partial charge in [0, 0.05) is 151 Å². The second kappa shape index (κ2) is 39.6. The fourth-order valence-electron chi connectivity index (χ4n) is 13.6. The maximum Gasteiger partial charge on any atom is 0.353 e. The van der Waals surface area contributed by atoms with Gasteiger partial charge < -0.3 is 67.9 Å². The maximum absolute atomic E-state index is 12.2. The van der Waals surface area contributed by atoms with Crippen LogP contribution in [0.25, 0.3) is 11.4 Å². The number of aromatic nitrogens is 9. The Kier molecular flexibility index (Phi) is 30.5. The van der Waals surface area contributed by atoms with E-state index in [4.69, 9.17) is 10.7 Å². The summed E-state index contributed by atoms with van der Waals surface area (Å²) in [6.07, 6.45) is 13.3. The maximum atomic E-state index is 12.2. The number of pyridine rings is 2. The summed E-state index contributed by atoms with van der Waals surface area (Å²) in [7, 11) is 11.0. The fourth-order valence-corrected chi connectivity index (χ4v) is 13.6. The molecule has 9 aromatic rings. The minimum Gasteiger partial charge on any atom is -0.393 e. The van der Waals surface area contributed by atoms with Crippen molar-refractivity contribution in [2.75, 3.05) is 126 Å². The fraction of sp³-hybridized carbons (Fsp3) is 0.425. The summed E-state index contributed by atoms with van der Waals surface area (Å²) in [6.45, 7) is 38.1. The van der Waals surface area contributed by atoms with Crippen molar-refractivity contribution in [2.24, 2.45) is 31.9 Å². The zero-order valence-corrected chi connectivity index (χ0v) is 72.7. The Balaban J connectivity index is 0.000000197. The van der Waals surface area contributed by atoms with Crippen molar-refractivity contribution in [3.05, 3.63) is 165 Å². The molecule has 0 saturated heterocycles. The highest BCUT2D eigenvalue weighted by molar-refractivity contribution is 6.10. The van der Waals surface area contributed by atoms with E-state index in [1.165, 1.54) is 32.4 Å². The standard InChI is InChI=1S/C26H36N6O.C22H31N5O2.C20H27N7.C19H24N8O2/c1-17-11-12-18(25(33)28-5)13-21(17)30-24-20(15-27)22(32(6)16-26(2,3)4)14-23(31-24)29-19-9-7-8-10-19;1-14-8-9-16(21(29)23-6)12-17(14)26-20-19(25-15(2)28)18(10-11-24-20)27(7)13-22(3,4)5;1-13-6-7-14(15-8-9-24-26-15)10-16(13)25-18-17(21)19(23-12-22-18)27(5)11-20(2,3)4;1-12-6-7-13(16-21-11-23-25-16)8-14(12)24-17-15(27(28)29)18(22-10-20-17)26(5)9-19(2,3)4/h11-14,19H,7-10,16H2,1-6H3,(H,28,33)(H2,29,30,31);8-12H,13H2,1-7H3,(H,23,29)(H,24,26)(H,25,28);6-7,9-10,12H,8,11,21H2,1-5H3,(H,22,23,25);6-8,10-11H,9H2,1-5H3,(H,20,22,24)(H,21,23,25). The van der Waals surface area contributed by atoms with E-state index in [0.29, 0.717) is 69.6 Å². The monoisotopic (exact) mass is 1610 g/mol. The van der Waals surface area contributed by atoms with Crippen molar-refractivity contribution >= 4 is 122 Å². The summed E-state index contributed by atoms with van der Waals surface area (Å²) in [5.74, 6) is 3.62. The van der Waals surface area contributed by atoms with Gasteiger partial charge in [-0.1, -0.05) is 132 Å². The van der Waals surface area contributed by atoms with Gasteiger partial charge in [0.1, 0.15) is 47.8 Å². The molecule has 11 N–H and O–H groups in total. The van der Waals surface area contributed by atoms with Gasteiger partial charge in [-0.25, -0.2) is 34.9 Å². The highest BCUT2D eigenvalue weighted by atomic mass is 16.6. The number of nitrogens with zero attached hydrogens (tertiary/aromatic N) is 16. The van der Waals surface area contributed by atoms with E-state index >= 15 is 0 Å². The molecule has 3 amide bonds. The number of amides is 3. The summed E-state index contributed by atoms with van der Waals surface area (Å²) in [6, 6.07) is 29.4. The molecule has 6 heterocycles. The Morgan fingerprint density at radius 1 is 0.576 bits per heavy atom. The molecule has 1 fully saturated rings. The van der Waals surface area contributed by atoms with Gasteiger partial charge in [0.25, 0.3) is 11.8 Å². The number of nitrogen functional groups attached to an aromatic ring is 1. The number of carbonyl (C=O) groups excluding carboxylic acids is 3. The molecule has 626 valence electrons. The summed E-state index contributed by atoms with van der Waals surface area (Å²) >= 11 is 0. The number of nitrogens with one attached hydrogen (secondary N) is 9. The zero-order valence-electron chi connectivity index (χ0n) is 72.7. The number of benzene rings is 4. The molecule has 0 spiro atoms. The SMILES string of the molecule is CNC(=O)c1ccc(C)c(Nc2nc(NC3CCCC3)cc(N(C)CC(C)(C)C)c2C#N)c1.CNC(=O)c1ccc(C)c(Nc2nccc(N(C)CC(C)(C)C)c2NC(C)=O)c1.Cc1ccc(-c2ncn[nH]2)cc1Nc1ncnc(N(C)CC(C)(C)C)c1[N+](=O)[O-].Cc1ccc(C2=NN=CC2)cc1Nc1ncnc(N(C)CC(C)(C)C)c1N. The second-order valence-corrected chi connectivity index (χ2v) is 34.7. The van der Waals surface area contributed by atoms with Gasteiger partial charge in [0.05, 0.1) is 22.0 Å². The number of anilines is 15. The van der Waals surface area contributed by atoms with Crippen LogP contribution in [0.1, 0.15) is 176 Å². The molecule has 31 nitrogen and oxygen atoms in total. The van der Waals surface area contributed by atoms with Crippen LogP contribution in [0.2, 0.25) is 0 Å². The lowest BCUT2D eigenvalue weighted by Gasteiger charge is -2.30. The van der Waals surface area contributed by atoms with Gasteiger partial charge in [-0.15, -0.1) is 0 Å². The Hall–Kier alpha value is -12.9. The van der Waals surface area contributed by atoms with Gasteiger partial charge >= 0.3 is 5.69 Å². The summed E-state index contributed by atoms with van der Waals surface area (Å²) < 4.78 is 0. The number of rotatable bonds is 24. The van der Waals surface area contributed by atoms with Crippen LogP contribution < -0.4 is 67.9 Å². The van der Waals surface area contributed by atoms with Crippen LogP contribution in [-0.4, -0.2) is 154 Å². The average molecular weight is 1610 g/mol. The molecule has 1 aliphatic carbocycles. The van der Waals surface area contributed by atoms with Crippen molar-refractivity contribution in [2.45, 2.75) is 156 Å². The molecule has 4 aromatic carbocycles. The van der Waals surface area contributed by atoms with Gasteiger partial charge in [-0.2, -0.15) is 20.6 Å². The lowest BCUT2D eigenvalue weighted by Crippen LogP contribution is -2.30. The smallest absolute Gasteiger partial charge is 0.353 e. The number of H-pyrrole nitrogens is 1. The first-order chi connectivity index (χ1) is 55.5. The third-order valence-electron chi connectivity index (χ3n) is 18.8. The lowest BCUT2D eigenvalue weighted by atomic mass is 9.96. The molecule has 1 aliphatic heterocycles. The summed E-state index contributed by atoms with van der Waals surface area (Å²) in [4.78, 5) is 86.0. The number of nitro groups is 1. The highest BCUT2D eigenvalue weighted by Crippen LogP contribution is 2.40. The number of carbonyl (C=O) groups is 3. The quantitative estimate of drug-likeness (QED) is 0.0198. The van der Waals surface area contributed by atoms with Crippen molar-refractivity contribution in [1.29, 1.82) is 5.26 Å². The minimum atomic E-state index is -0.452. The molecule has 0 atom stereocenters. The van der Waals surface area contributed by atoms with Crippen LogP contribution in [0.15, 0.2) is 120 Å². The number of aryl methyl sites for hydroxylation is 4. The number of hydrogen-bond donors (Lipinski definition) is 10. The lowest BCUT2D eigenvalue weighted by molar-refractivity contribution is -0.383. The van der Waals surface area contributed by atoms with Gasteiger partial charge in [0.15, 0.2) is 29.1 Å². The number of nitriles is 1.